The summed E-state index contributed by atoms with van der Waals surface area (Å²) in [4.78, 5) is 2.96. The smallest absolute Gasteiger partial charge is 0.291 e. The van der Waals surface area contributed by atoms with Gasteiger partial charge in [-0.1, -0.05) is 0 Å². The summed E-state index contributed by atoms with van der Waals surface area (Å²) in [5, 5.41) is 18.3. The number of hydrogen-bond acceptors (Lipinski definition) is 4. The van der Waals surface area contributed by atoms with Crippen molar-refractivity contribution < 1.29 is 10.2 Å². The van der Waals surface area contributed by atoms with Crippen LogP contribution < -0.4 is 0 Å². The fourth-order valence-electron chi connectivity index (χ4n) is 0.891. The van der Waals surface area contributed by atoms with Crippen molar-refractivity contribution in [2.24, 2.45) is 0 Å². The summed E-state index contributed by atoms with van der Waals surface area (Å²) in [5.74, 6) is 0. The predicted molar refractivity (Wildman–Crippen MR) is 32.4 cm³/mol. The molecular formula is C5H12N2O2. The largest absolute Gasteiger partial charge is 0.340 e. The van der Waals surface area contributed by atoms with E-state index in [-0.39, 0.29) is 0 Å². The average Bonchev–Trinajstić information content (AvgIpc) is 1.96. The Morgan fingerprint density at radius 2 is 1.44 bits per heavy atom. The van der Waals surface area contributed by atoms with Gasteiger partial charge < -0.3 is 10.2 Å². The minimum Gasteiger partial charge on any atom is -0.340 e. The summed E-state index contributed by atoms with van der Waals surface area (Å²) in [6.07, 6.45) is 0. The van der Waals surface area contributed by atoms with Crippen LogP contribution in [0.3, 0.4) is 0 Å². The van der Waals surface area contributed by atoms with E-state index in [0.29, 0.717) is 13.1 Å². The quantitative estimate of drug-likeness (QED) is 0.392. The molecule has 0 atom stereocenters. The van der Waals surface area contributed by atoms with Crippen molar-refractivity contribution in [1.29, 1.82) is 0 Å². The van der Waals surface area contributed by atoms with Crippen molar-refractivity contribution in [3.05, 3.63) is 0 Å². The summed E-state index contributed by atoms with van der Waals surface area (Å²) in [6.45, 7) is 1.40. The summed E-state index contributed by atoms with van der Waals surface area (Å²) >= 11 is 0. The SMILES string of the molecule is CN1CCN(C)C1(O)O. The van der Waals surface area contributed by atoms with Gasteiger partial charge in [-0.2, -0.15) is 0 Å². The highest BCUT2D eigenvalue weighted by molar-refractivity contribution is 4.73. The summed E-state index contributed by atoms with van der Waals surface area (Å²) in [6, 6.07) is -1.72. The molecule has 0 aromatic rings. The lowest BCUT2D eigenvalue weighted by Crippen LogP contribution is -2.50. The van der Waals surface area contributed by atoms with E-state index < -0.39 is 6.03 Å². The van der Waals surface area contributed by atoms with Crippen LogP contribution >= 0.6 is 0 Å². The third-order valence-electron chi connectivity index (χ3n) is 1.80. The van der Waals surface area contributed by atoms with Crippen LogP contribution in [0.1, 0.15) is 0 Å². The molecule has 1 aliphatic rings. The first-order chi connectivity index (χ1) is 4.05. The predicted octanol–water partition coefficient (Wildman–Crippen LogP) is -1.54. The van der Waals surface area contributed by atoms with Crippen LogP contribution in [0.5, 0.6) is 0 Å². The molecule has 0 aromatic heterocycles. The first kappa shape index (κ1) is 6.95. The van der Waals surface area contributed by atoms with Crippen molar-refractivity contribution >= 4 is 0 Å². The lowest BCUT2D eigenvalue weighted by atomic mass is 10.6. The van der Waals surface area contributed by atoms with Gasteiger partial charge in [0.25, 0.3) is 6.03 Å². The second kappa shape index (κ2) is 1.91. The van der Waals surface area contributed by atoms with Crippen LogP contribution in [-0.4, -0.2) is 53.2 Å². The molecule has 1 saturated heterocycles. The molecule has 4 nitrogen and oxygen atoms in total. The average molecular weight is 132 g/mol. The van der Waals surface area contributed by atoms with Gasteiger partial charge in [-0.15, -0.1) is 0 Å². The lowest BCUT2D eigenvalue weighted by molar-refractivity contribution is -0.306. The minimum atomic E-state index is -1.72. The molecule has 1 rings (SSSR count). The Hall–Kier alpha value is -0.160. The fraction of sp³-hybridized carbons (Fsp3) is 1.00. The zero-order valence-electron chi connectivity index (χ0n) is 5.70. The zero-order valence-corrected chi connectivity index (χ0v) is 5.70. The molecule has 0 spiro atoms. The first-order valence-electron chi connectivity index (χ1n) is 2.92. The number of hydrogen-bond donors (Lipinski definition) is 2. The Balaban J connectivity index is 2.66. The number of likely N-dealkylation sites (N-methyl/N-ethyl adjacent to an activating group) is 2. The van der Waals surface area contributed by atoms with E-state index in [4.69, 9.17) is 10.2 Å². The molecule has 0 bridgehead atoms. The van der Waals surface area contributed by atoms with Crippen LogP contribution in [0.2, 0.25) is 0 Å². The van der Waals surface area contributed by atoms with E-state index in [1.165, 1.54) is 9.80 Å². The molecular weight excluding hydrogens is 120 g/mol. The molecule has 1 aliphatic heterocycles. The van der Waals surface area contributed by atoms with Crippen molar-refractivity contribution in [3.63, 3.8) is 0 Å². The number of nitrogens with zero attached hydrogens (tertiary/aromatic N) is 2. The monoisotopic (exact) mass is 132 g/mol. The van der Waals surface area contributed by atoms with Crippen LogP contribution in [0, 0.1) is 0 Å². The Kier molecular flexibility index (Phi) is 1.48. The van der Waals surface area contributed by atoms with Gasteiger partial charge in [0.1, 0.15) is 0 Å². The van der Waals surface area contributed by atoms with Crippen molar-refractivity contribution in [2.75, 3.05) is 27.2 Å². The second-order valence-corrected chi connectivity index (χ2v) is 2.44. The van der Waals surface area contributed by atoms with E-state index in [2.05, 4.69) is 0 Å². The molecule has 4 heteroatoms. The van der Waals surface area contributed by atoms with Crippen molar-refractivity contribution in [3.8, 4) is 0 Å². The van der Waals surface area contributed by atoms with Crippen molar-refractivity contribution in [2.45, 2.75) is 6.03 Å². The lowest BCUT2D eigenvalue weighted by Gasteiger charge is -2.28. The van der Waals surface area contributed by atoms with Crippen LogP contribution in [0.4, 0.5) is 0 Å². The topological polar surface area (TPSA) is 46.9 Å². The molecule has 0 radical (unpaired) electrons. The molecule has 1 fully saturated rings. The van der Waals surface area contributed by atoms with Gasteiger partial charge in [-0.05, 0) is 14.1 Å². The number of aliphatic hydroxyl groups is 2. The molecule has 0 unspecified atom stereocenters. The highest BCUT2D eigenvalue weighted by atomic mass is 16.6. The van der Waals surface area contributed by atoms with Gasteiger partial charge in [0.05, 0.1) is 0 Å². The Labute approximate surface area is 54.3 Å². The Morgan fingerprint density at radius 1 is 1.11 bits per heavy atom. The molecule has 54 valence electrons. The Morgan fingerprint density at radius 3 is 1.56 bits per heavy atom. The van der Waals surface area contributed by atoms with Gasteiger partial charge in [-0.25, -0.2) is 9.80 Å². The summed E-state index contributed by atoms with van der Waals surface area (Å²) < 4.78 is 0. The third kappa shape index (κ3) is 0.943. The molecule has 0 amide bonds. The molecule has 0 aliphatic carbocycles. The Bertz CT molecular complexity index is 104. The maximum atomic E-state index is 9.14. The van der Waals surface area contributed by atoms with Gasteiger partial charge in [-0.3, -0.25) is 0 Å². The minimum absolute atomic E-state index is 0.698. The van der Waals surface area contributed by atoms with Gasteiger partial charge in [0, 0.05) is 13.1 Å². The van der Waals surface area contributed by atoms with Crippen molar-refractivity contribution in [1.82, 2.24) is 9.80 Å². The molecule has 1 heterocycles. The van der Waals surface area contributed by atoms with E-state index in [1.54, 1.807) is 14.1 Å². The first-order valence-corrected chi connectivity index (χ1v) is 2.92. The second-order valence-electron chi connectivity index (χ2n) is 2.44. The fourth-order valence-corrected chi connectivity index (χ4v) is 0.891. The van der Waals surface area contributed by atoms with Crippen LogP contribution in [0.25, 0.3) is 0 Å². The van der Waals surface area contributed by atoms with E-state index in [9.17, 15) is 0 Å². The van der Waals surface area contributed by atoms with E-state index >= 15 is 0 Å². The zero-order chi connectivity index (χ0) is 7.07. The summed E-state index contributed by atoms with van der Waals surface area (Å²) in [5.41, 5.74) is 0. The van der Waals surface area contributed by atoms with Crippen LogP contribution in [-0.2, 0) is 0 Å². The van der Waals surface area contributed by atoms with Gasteiger partial charge >= 0.3 is 0 Å². The van der Waals surface area contributed by atoms with E-state index in [0.717, 1.165) is 0 Å². The standard InChI is InChI=1S/C5H12N2O2/c1-6-3-4-7(2)5(6,8)9/h8-9H,3-4H2,1-2H3. The maximum absolute atomic E-state index is 9.14. The normalized spacial score (nSPS) is 29.3. The summed E-state index contributed by atoms with van der Waals surface area (Å²) in [7, 11) is 3.34. The maximum Gasteiger partial charge on any atom is 0.291 e. The molecule has 9 heavy (non-hydrogen) atoms. The number of rotatable bonds is 0. The highest BCUT2D eigenvalue weighted by Crippen LogP contribution is 2.15. The molecule has 0 saturated carbocycles. The highest BCUT2D eigenvalue weighted by Gasteiger charge is 2.39. The van der Waals surface area contributed by atoms with E-state index in [1.807, 2.05) is 0 Å². The third-order valence-corrected chi connectivity index (χ3v) is 1.80. The van der Waals surface area contributed by atoms with Gasteiger partial charge in [0.15, 0.2) is 0 Å². The van der Waals surface area contributed by atoms with Crippen LogP contribution in [0.15, 0.2) is 0 Å². The van der Waals surface area contributed by atoms with Gasteiger partial charge in [0.2, 0.25) is 0 Å². The molecule has 0 aromatic carbocycles. The molecule has 2 N–H and O–H groups in total.